The van der Waals surface area contributed by atoms with Crippen molar-refractivity contribution >= 4 is 23.7 Å². The number of H-pyrrole nitrogens is 1. The van der Waals surface area contributed by atoms with Crippen LogP contribution in [0.25, 0.3) is 0 Å². The third kappa shape index (κ3) is 6.53. The number of aromatic amines is 1. The summed E-state index contributed by atoms with van der Waals surface area (Å²) in [7, 11) is 0. The Hall–Kier alpha value is -3.54. The molecule has 1 unspecified atom stereocenters. The number of aromatic nitrogens is 3. The molecule has 1 atom stereocenters. The number of hydrogen-bond donors (Lipinski definition) is 2. The predicted octanol–water partition coefficient (Wildman–Crippen LogP) is 4.34. The second-order valence-electron chi connectivity index (χ2n) is 8.23. The minimum Gasteiger partial charge on any atom is -0.480 e. The third-order valence-corrected chi connectivity index (χ3v) is 6.09. The molecule has 35 heavy (non-hydrogen) atoms. The summed E-state index contributed by atoms with van der Waals surface area (Å²) in [5.74, 6) is -3.18. The number of thioether (sulfide) groups is 1. The number of halogens is 3. The van der Waals surface area contributed by atoms with Crippen molar-refractivity contribution in [2.45, 2.75) is 49.2 Å². The van der Waals surface area contributed by atoms with Crippen molar-refractivity contribution in [2.75, 3.05) is 0 Å². The average Bonchev–Trinajstić information content (AvgIpc) is 3.12. The number of ether oxygens (including phenoxy) is 1. The molecule has 1 heterocycles. The number of aryl methyl sites for hydroxylation is 1. The van der Waals surface area contributed by atoms with Gasteiger partial charge in [-0.25, -0.2) is 14.3 Å². The Morgan fingerprint density at radius 1 is 1.11 bits per heavy atom. The zero-order chi connectivity index (χ0) is 26.0. The lowest BCUT2D eigenvalue weighted by Gasteiger charge is -2.19. The van der Waals surface area contributed by atoms with E-state index in [2.05, 4.69) is 9.84 Å². The molecule has 3 aromatic rings. The Balaban J connectivity index is 1.79. The summed E-state index contributed by atoms with van der Waals surface area (Å²) in [5, 5.41) is 12.9. The van der Waals surface area contributed by atoms with Gasteiger partial charge in [-0.15, -0.1) is 11.8 Å². The molecule has 0 aliphatic heterocycles. The highest BCUT2D eigenvalue weighted by Crippen LogP contribution is 2.35. The van der Waals surface area contributed by atoms with E-state index < -0.39 is 40.5 Å². The number of rotatable bonds is 8. The summed E-state index contributed by atoms with van der Waals surface area (Å²) < 4.78 is 45.5. The standard InChI is InChI=1S/C23H22F3N3O5S/c1-13-4-6-14(7-5-13)12-29-21(33)27-18(28-29)17(23(24,25)26)34-19(30)15-8-10-16(11-9-15)35-22(2,3)20(31)32/h4-11,17H,12H2,1-3H3,(H,31,32)(H,27,28,33). The van der Waals surface area contributed by atoms with Gasteiger partial charge in [0.2, 0.25) is 0 Å². The van der Waals surface area contributed by atoms with Gasteiger partial charge in [-0.2, -0.15) is 18.3 Å². The van der Waals surface area contributed by atoms with Crippen molar-refractivity contribution < 1.29 is 32.6 Å². The van der Waals surface area contributed by atoms with Crippen LogP contribution in [0, 0.1) is 6.92 Å². The van der Waals surface area contributed by atoms with E-state index in [0.29, 0.717) is 10.5 Å². The lowest BCUT2D eigenvalue weighted by molar-refractivity contribution is -0.209. The SMILES string of the molecule is Cc1ccc(Cn2nc(C(OC(=O)c3ccc(SC(C)(C)C(=O)O)cc3)C(F)(F)F)[nH]c2=O)cc1. The maximum absolute atomic E-state index is 13.7. The summed E-state index contributed by atoms with van der Waals surface area (Å²) in [6.45, 7) is 4.79. The fourth-order valence-electron chi connectivity index (χ4n) is 2.92. The largest absolute Gasteiger partial charge is 0.480 e. The van der Waals surface area contributed by atoms with Gasteiger partial charge in [-0.3, -0.25) is 9.78 Å². The molecule has 0 amide bonds. The highest BCUT2D eigenvalue weighted by molar-refractivity contribution is 8.01. The van der Waals surface area contributed by atoms with E-state index >= 15 is 0 Å². The lowest BCUT2D eigenvalue weighted by atomic mass is 10.1. The van der Waals surface area contributed by atoms with Crippen LogP contribution in [0.15, 0.2) is 58.2 Å². The van der Waals surface area contributed by atoms with Gasteiger partial charge in [0.25, 0.3) is 6.10 Å². The maximum Gasteiger partial charge on any atom is 0.433 e. The molecule has 2 N–H and O–H groups in total. The zero-order valence-corrected chi connectivity index (χ0v) is 19.7. The van der Waals surface area contributed by atoms with Crippen LogP contribution in [0.2, 0.25) is 0 Å². The molecular weight excluding hydrogens is 487 g/mol. The molecule has 3 rings (SSSR count). The highest BCUT2D eigenvalue weighted by atomic mass is 32.2. The smallest absolute Gasteiger partial charge is 0.433 e. The van der Waals surface area contributed by atoms with Crippen LogP contribution in [0.3, 0.4) is 0 Å². The van der Waals surface area contributed by atoms with E-state index in [9.17, 15) is 32.7 Å². The number of alkyl halides is 3. The first-order valence-electron chi connectivity index (χ1n) is 10.3. The number of carbonyl (C=O) groups excluding carboxylic acids is 1. The number of esters is 1. The molecule has 0 spiro atoms. The fourth-order valence-corrected chi connectivity index (χ4v) is 3.86. The van der Waals surface area contributed by atoms with Crippen LogP contribution in [0.1, 0.15) is 47.3 Å². The molecule has 0 fully saturated rings. The minimum atomic E-state index is -5.04. The zero-order valence-electron chi connectivity index (χ0n) is 18.9. The normalized spacial score (nSPS) is 12.9. The molecule has 1 aromatic heterocycles. The lowest BCUT2D eigenvalue weighted by Crippen LogP contribution is -2.28. The molecule has 0 saturated heterocycles. The van der Waals surface area contributed by atoms with E-state index in [1.807, 2.05) is 11.9 Å². The van der Waals surface area contributed by atoms with Gasteiger partial charge in [0, 0.05) is 4.90 Å². The number of nitrogens with zero attached hydrogens (tertiary/aromatic N) is 2. The van der Waals surface area contributed by atoms with Crippen LogP contribution in [0.5, 0.6) is 0 Å². The third-order valence-electron chi connectivity index (χ3n) is 4.90. The minimum absolute atomic E-state index is 0.0695. The van der Waals surface area contributed by atoms with Gasteiger partial charge >= 0.3 is 23.8 Å². The number of nitrogens with one attached hydrogen (secondary N) is 1. The molecule has 0 saturated carbocycles. The van der Waals surface area contributed by atoms with Crippen LogP contribution >= 0.6 is 11.8 Å². The summed E-state index contributed by atoms with van der Waals surface area (Å²) in [4.78, 5) is 38.4. The molecule has 186 valence electrons. The van der Waals surface area contributed by atoms with Crippen LogP contribution in [-0.4, -0.2) is 42.7 Å². The number of benzene rings is 2. The highest BCUT2D eigenvalue weighted by Gasteiger charge is 2.47. The predicted molar refractivity (Wildman–Crippen MR) is 121 cm³/mol. The number of carbonyl (C=O) groups is 2. The molecule has 2 aromatic carbocycles. The Labute approximate surface area is 202 Å². The van der Waals surface area contributed by atoms with E-state index in [1.165, 1.54) is 38.1 Å². The van der Waals surface area contributed by atoms with Gasteiger partial charge in [-0.1, -0.05) is 29.8 Å². The van der Waals surface area contributed by atoms with Crippen LogP contribution < -0.4 is 5.69 Å². The number of hydrogen-bond acceptors (Lipinski definition) is 6. The molecule has 8 nitrogen and oxygen atoms in total. The van der Waals surface area contributed by atoms with Gasteiger partial charge in [0.05, 0.1) is 12.1 Å². The van der Waals surface area contributed by atoms with Gasteiger partial charge in [0.1, 0.15) is 4.75 Å². The van der Waals surface area contributed by atoms with E-state index in [4.69, 9.17) is 0 Å². The van der Waals surface area contributed by atoms with Gasteiger partial charge < -0.3 is 9.84 Å². The van der Waals surface area contributed by atoms with E-state index in [-0.39, 0.29) is 12.1 Å². The maximum atomic E-state index is 13.7. The van der Waals surface area contributed by atoms with Crippen LogP contribution in [-0.2, 0) is 16.1 Å². The summed E-state index contributed by atoms with van der Waals surface area (Å²) >= 11 is 1.01. The molecule has 0 radical (unpaired) electrons. The van der Waals surface area contributed by atoms with Crippen molar-refractivity contribution in [1.82, 2.24) is 14.8 Å². The molecule has 0 bridgehead atoms. The molecule has 0 aliphatic carbocycles. The quantitative estimate of drug-likeness (QED) is 0.343. The number of carboxylic acid groups (broad SMARTS) is 1. The number of carboxylic acids is 1. The Bertz CT molecular complexity index is 1270. The first kappa shape index (κ1) is 26.1. The van der Waals surface area contributed by atoms with E-state index in [0.717, 1.165) is 22.0 Å². The van der Waals surface area contributed by atoms with Gasteiger partial charge in [-0.05, 0) is 50.6 Å². The van der Waals surface area contributed by atoms with Crippen molar-refractivity contribution in [3.63, 3.8) is 0 Å². The number of aliphatic carboxylic acids is 1. The van der Waals surface area contributed by atoms with Crippen molar-refractivity contribution in [2.24, 2.45) is 0 Å². The topological polar surface area (TPSA) is 114 Å². The van der Waals surface area contributed by atoms with Crippen molar-refractivity contribution in [3.8, 4) is 0 Å². The van der Waals surface area contributed by atoms with Crippen molar-refractivity contribution in [3.05, 3.63) is 81.5 Å². The molecule has 0 aliphatic rings. The summed E-state index contributed by atoms with van der Waals surface area (Å²) in [6.07, 6.45) is -7.83. The second-order valence-corrected chi connectivity index (χ2v) is 9.92. The monoisotopic (exact) mass is 509 g/mol. The fraction of sp³-hybridized carbons (Fsp3) is 0.304. The Kier molecular flexibility index (Phi) is 7.44. The van der Waals surface area contributed by atoms with E-state index in [1.54, 1.807) is 24.3 Å². The average molecular weight is 510 g/mol. The first-order valence-corrected chi connectivity index (χ1v) is 11.1. The first-order chi connectivity index (χ1) is 16.3. The Morgan fingerprint density at radius 3 is 2.26 bits per heavy atom. The van der Waals surface area contributed by atoms with Gasteiger partial charge in [0.15, 0.2) is 5.82 Å². The molecule has 12 heteroatoms. The molecular formula is C23H22F3N3O5S. The summed E-state index contributed by atoms with van der Waals surface area (Å²) in [6, 6.07) is 12.3. The summed E-state index contributed by atoms with van der Waals surface area (Å²) in [5.41, 5.74) is 0.567. The second kappa shape index (κ2) is 9.98. The van der Waals surface area contributed by atoms with Crippen LogP contribution in [0.4, 0.5) is 13.2 Å². The van der Waals surface area contributed by atoms with Crippen molar-refractivity contribution in [1.29, 1.82) is 0 Å². The Morgan fingerprint density at radius 2 is 1.71 bits per heavy atom.